The Balaban J connectivity index is 2.62. The van der Waals surface area contributed by atoms with Crippen molar-refractivity contribution in [1.82, 2.24) is 0 Å². The second kappa shape index (κ2) is 7.54. The summed E-state index contributed by atoms with van der Waals surface area (Å²) >= 11 is 6.18. The van der Waals surface area contributed by atoms with E-state index in [4.69, 9.17) is 21.1 Å². The van der Waals surface area contributed by atoms with E-state index in [0.29, 0.717) is 24.7 Å². The van der Waals surface area contributed by atoms with Gasteiger partial charge in [-0.05, 0) is 33.1 Å². The Bertz CT molecular complexity index is 545. The second-order valence-electron chi connectivity index (χ2n) is 5.05. The minimum atomic E-state index is -0.427. The van der Waals surface area contributed by atoms with E-state index in [-0.39, 0.29) is 16.5 Å². The highest BCUT2D eigenvalue weighted by Gasteiger charge is 2.32. The Morgan fingerprint density at radius 3 is 2.41 bits per heavy atom. The zero-order chi connectivity index (χ0) is 16.1. The van der Waals surface area contributed by atoms with E-state index in [1.807, 2.05) is 11.8 Å². The van der Waals surface area contributed by atoms with Gasteiger partial charge in [-0.3, -0.25) is 10.1 Å². The zero-order valence-corrected chi connectivity index (χ0v) is 13.7. The molecule has 0 radical (unpaired) electrons. The molecule has 1 aliphatic heterocycles. The molecule has 0 spiro atoms. The van der Waals surface area contributed by atoms with E-state index in [9.17, 15) is 10.1 Å². The molecule has 0 aliphatic carbocycles. The summed E-state index contributed by atoms with van der Waals surface area (Å²) in [5.74, 6) is 0.572. The third kappa shape index (κ3) is 3.38. The predicted octanol–water partition coefficient (Wildman–Crippen LogP) is 4.04. The van der Waals surface area contributed by atoms with Crippen LogP contribution in [-0.2, 0) is 0 Å². The molecular formula is C15H21ClN2O4. The number of benzene rings is 1. The minimum Gasteiger partial charge on any atom is -0.491 e. The lowest BCUT2D eigenvalue weighted by atomic mass is 10.1. The fraction of sp³-hybridized carbons (Fsp3) is 0.600. The highest BCUT2D eigenvalue weighted by Crippen LogP contribution is 2.49. The van der Waals surface area contributed by atoms with Gasteiger partial charge in [0, 0.05) is 19.2 Å². The molecule has 1 heterocycles. The Hall–Kier alpha value is -1.69. The van der Waals surface area contributed by atoms with Crippen molar-refractivity contribution in [2.24, 2.45) is 0 Å². The van der Waals surface area contributed by atoms with Crippen LogP contribution in [0.1, 0.15) is 33.1 Å². The number of piperidine rings is 1. The molecule has 1 fully saturated rings. The molecule has 1 aromatic carbocycles. The summed E-state index contributed by atoms with van der Waals surface area (Å²) in [6.45, 7) is 5.89. The van der Waals surface area contributed by atoms with E-state index in [0.717, 1.165) is 32.4 Å². The van der Waals surface area contributed by atoms with E-state index < -0.39 is 4.92 Å². The van der Waals surface area contributed by atoms with Gasteiger partial charge in [0.05, 0.1) is 23.2 Å². The molecule has 0 unspecified atom stereocenters. The number of ether oxygens (including phenoxy) is 2. The Labute approximate surface area is 135 Å². The fourth-order valence-corrected chi connectivity index (χ4v) is 2.97. The van der Waals surface area contributed by atoms with E-state index in [1.165, 1.54) is 0 Å². The van der Waals surface area contributed by atoms with Crippen molar-refractivity contribution >= 4 is 23.0 Å². The van der Waals surface area contributed by atoms with E-state index >= 15 is 0 Å². The number of halogens is 1. The average Bonchev–Trinajstić information content (AvgIpc) is 2.50. The van der Waals surface area contributed by atoms with Crippen molar-refractivity contribution in [2.45, 2.75) is 33.1 Å². The third-order valence-corrected chi connectivity index (χ3v) is 3.87. The summed E-state index contributed by atoms with van der Waals surface area (Å²) in [6.07, 6.45) is 3.16. The fourth-order valence-electron chi connectivity index (χ4n) is 2.73. The monoisotopic (exact) mass is 328 g/mol. The van der Waals surface area contributed by atoms with E-state index in [2.05, 4.69) is 0 Å². The number of nitrogens with zero attached hydrogens (tertiary/aromatic N) is 2. The van der Waals surface area contributed by atoms with Crippen molar-refractivity contribution in [2.75, 3.05) is 31.2 Å². The molecule has 0 bridgehead atoms. The molecule has 1 aliphatic rings. The quantitative estimate of drug-likeness (QED) is 0.582. The molecule has 0 aromatic heterocycles. The number of nitro groups is 1. The summed E-state index contributed by atoms with van der Waals surface area (Å²) in [5, 5.41) is 11.9. The maximum absolute atomic E-state index is 11.7. The number of hydrogen-bond acceptors (Lipinski definition) is 5. The van der Waals surface area contributed by atoms with Gasteiger partial charge in [0.2, 0.25) is 5.75 Å². The van der Waals surface area contributed by atoms with Crippen LogP contribution in [-0.4, -0.2) is 31.2 Å². The first kappa shape index (κ1) is 16.7. The first-order chi connectivity index (χ1) is 10.6. The van der Waals surface area contributed by atoms with Crippen molar-refractivity contribution in [3.63, 3.8) is 0 Å². The van der Waals surface area contributed by atoms with Crippen LogP contribution in [0.4, 0.5) is 11.4 Å². The normalized spacial score (nSPS) is 14.8. The molecule has 7 heteroatoms. The Morgan fingerprint density at radius 1 is 1.23 bits per heavy atom. The van der Waals surface area contributed by atoms with Crippen LogP contribution >= 0.6 is 11.6 Å². The molecule has 1 saturated heterocycles. The molecule has 0 atom stereocenters. The van der Waals surface area contributed by atoms with Crippen LogP contribution in [0, 0.1) is 10.1 Å². The lowest BCUT2D eigenvalue weighted by Crippen LogP contribution is -2.30. The summed E-state index contributed by atoms with van der Waals surface area (Å²) in [4.78, 5) is 13.2. The number of nitro benzene ring substituents is 1. The maximum Gasteiger partial charge on any atom is 0.339 e. The van der Waals surface area contributed by atoms with Crippen LogP contribution in [0.25, 0.3) is 0 Å². The first-order valence-corrected chi connectivity index (χ1v) is 7.99. The number of rotatable bonds is 6. The average molecular weight is 329 g/mol. The van der Waals surface area contributed by atoms with Gasteiger partial charge < -0.3 is 14.4 Å². The predicted molar refractivity (Wildman–Crippen MR) is 86.5 cm³/mol. The molecule has 0 saturated carbocycles. The smallest absolute Gasteiger partial charge is 0.339 e. The van der Waals surface area contributed by atoms with Gasteiger partial charge in [0.25, 0.3) is 0 Å². The van der Waals surface area contributed by atoms with Gasteiger partial charge in [-0.2, -0.15) is 0 Å². The highest BCUT2D eigenvalue weighted by atomic mass is 35.5. The molecule has 0 amide bonds. The summed E-state index contributed by atoms with van der Waals surface area (Å²) in [7, 11) is 0. The SMILES string of the molecule is CCOc1cc(Cl)c(OCC)c([N+](=O)[O-])c1N1CCCCC1. The number of hydrogen-bond donors (Lipinski definition) is 0. The molecule has 22 heavy (non-hydrogen) atoms. The van der Waals surface area contributed by atoms with Gasteiger partial charge in [-0.1, -0.05) is 11.6 Å². The van der Waals surface area contributed by atoms with Gasteiger partial charge >= 0.3 is 5.69 Å². The second-order valence-corrected chi connectivity index (χ2v) is 5.46. The maximum atomic E-state index is 11.7. The largest absolute Gasteiger partial charge is 0.491 e. The van der Waals surface area contributed by atoms with Crippen LogP contribution < -0.4 is 14.4 Å². The van der Waals surface area contributed by atoms with Crippen molar-refractivity contribution in [1.29, 1.82) is 0 Å². The lowest BCUT2D eigenvalue weighted by molar-refractivity contribution is -0.385. The van der Waals surface area contributed by atoms with Crippen molar-refractivity contribution < 1.29 is 14.4 Å². The van der Waals surface area contributed by atoms with Crippen LogP contribution in [0.3, 0.4) is 0 Å². The molecule has 2 rings (SSSR count). The van der Waals surface area contributed by atoms with Crippen molar-refractivity contribution in [3.05, 3.63) is 21.2 Å². The Kier molecular flexibility index (Phi) is 5.71. The standard InChI is InChI=1S/C15H21ClN2O4/c1-3-21-12-10-11(16)15(22-4-2)14(18(19)20)13(12)17-8-6-5-7-9-17/h10H,3-9H2,1-2H3. The molecule has 1 aromatic rings. The van der Waals surface area contributed by atoms with Crippen LogP contribution in [0.5, 0.6) is 11.5 Å². The molecular weight excluding hydrogens is 308 g/mol. The van der Waals surface area contributed by atoms with Gasteiger partial charge in [-0.25, -0.2) is 0 Å². The topological polar surface area (TPSA) is 64.8 Å². The molecule has 122 valence electrons. The van der Waals surface area contributed by atoms with Crippen LogP contribution in [0.15, 0.2) is 6.07 Å². The van der Waals surface area contributed by atoms with Gasteiger partial charge in [-0.15, -0.1) is 0 Å². The van der Waals surface area contributed by atoms with Crippen LogP contribution in [0.2, 0.25) is 5.02 Å². The van der Waals surface area contributed by atoms with E-state index in [1.54, 1.807) is 13.0 Å². The summed E-state index contributed by atoms with van der Waals surface area (Å²) in [5.41, 5.74) is 0.388. The Morgan fingerprint density at radius 2 is 1.86 bits per heavy atom. The number of anilines is 1. The van der Waals surface area contributed by atoms with Gasteiger partial charge in [0.15, 0.2) is 11.4 Å². The minimum absolute atomic E-state index is 0.0975. The summed E-state index contributed by atoms with van der Waals surface area (Å²) in [6, 6.07) is 1.62. The third-order valence-electron chi connectivity index (χ3n) is 3.59. The molecule has 6 nitrogen and oxygen atoms in total. The first-order valence-electron chi connectivity index (χ1n) is 7.61. The lowest BCUT2D eigenvalue weighted by Gasteiger charge is -2.30. The highest BCUT2D eigenvalue weighted by molar-refractivity contribution is 6.33. The zero-order valence-electron chi connectivity index (χ0n) is 12.9. The summed E-state index contributed by atoms with van der Waals surface area (Å²) < 4.78 is 11.0. The van der Waals surface area contributed by atoms with Gasteiger partial charge in [0.1, 0.15) is 0 Å². The van der Waals surface area contributed by atoms with Crippen molar-refractivity contribution in [3.8, 4) is 11.5 Å². The molecule has 0 N–H and O–H groups in total.